The fraction of sp³-hybridized carbons (Fsp3) is 0.559. The highest BCUT2D eigenvalue weighted by Crippen LogP contribution is 2.67. The predicted molar refractivity (Wildman–Crippen MR) is 154 cm³/mol. The summed E-state index contributed by atoms with van der Waals surface area (Å²) in [5.74, 6) is 1.22. The molecule has 42 heavy (non-hydrogen) atoms. The average molecular weight is 571 g/mol. The highest BCUT2D eigenvalue weighted by Gasteiger charge is 2.76. The summed E-state index contributed by atoms with van der Waals surface area (Å²) in [6.45, 7) is 7.56. The maximum Gasteiger partial charge on any atom is 0.311 e. The predicted octanol–water partition coefficient (Wildman–Crippen LogP) is 4.52. The normalized spacial score (nSPS) is 32.8. The Morgan fingerprint density at radius 1 is 1.02 bits per heavy atom. The summed E-state index contributed by atoms with van der Waals surface area (Å²) in [6.07, 6.45) is 4.45. The topological polar surface area (TPSA) is 85.4 Å². The average Bonchev–Trinajstić information content (AvgIpc) is 3.66. The summed E-state index contributed by atoms with van der Waals surface area (Å²) in [4.78, 5) is 45.5. The van der Waals surface area contributed by atoms with E-state index >= 15 is 0 Å². The van der Waals surface area contributed by atoms with Gasteiger partial charge in [0.2, 0.25) is 0 Å². The molecule has 220 valence electrons. The van der Waals surface area contributed by atoms with Gasteiger partial charge in [0.05, 0.1) is 41.2 Å². The van der Waals surface area contributed by atoms with Crippen LogP contribution in [-0.4, -0.2) is 71.6 Å². The Balaban J connectivity index is 1.32. The second-order valence-electron chi connectivity index (χ2n) is 14.2. The molecule has 8 heteroatoms. The molecule has 2 bridgehead atoms. The van der Waals surface area contributed by atoms with Gasteiger partial charge in [0.15, 0.2) is 11.5 Å². The fourth-order valence-corrected chi connectivity index (χ4v) is 8.88. The van der Waals surface area contributed by atoms with E-state index in [4.69, 9.17) is 14.2 Å². The summed E-state index contributed by atoms with van der Waals surface area (Å²) in [6, 6.07) is 10.6. The van der Waals surface area contributed by atoms with Gasteiger partial charge in [0.25, 0.3) is 11.8 Å². The zero-order valence-corrected chi connectivity index (χ0v) is 24.8. The van der Waals surface area contributed by atoms with Gasteiger partial charge < -0.3 is 14.2 Å². The van der Waals surface area contributed by atoms with E-state index in [1.54, 1.807) is 31.4 Å². The van der Waals surface area contributed by atoms with E-state index in [0.717, 1.165) is 25.1 Å². The van der Waals surface area contributed by atoms with Crippen LogP contribution in [0.5, 0.6) is 11.5 Å². The number of esters is 1. The van der Waals surface area contributed by atoms with E-state index < -0.39 is 28.6 Å². The molecular weight excluding hydrogens is 532 g/mol. The molecule has 0 N–H and O–H groups in total. The molecular formula is C34H38N2O6. The van der Waals surface area contributed by atoms with E-state index in [1.807, 2.05) is 26.8 Å². The zero-order valence-electron chi connectivity index (χ0n) is 24.8. The van der Waals surface area contributed by atoms with E-state index in [-0.39, 0.29) is 23.8 Å². The molecule has 1 saturated heterocycles. The SMILES string of the molecule is COc1ccc2c3c1O[C@H]1[C@H](N4C(=O)c5ccccc5C4=O)CC[C@@]4(OC(=O)C(C)(C)C)[C@@H](C2)N(CC2CC2)CC[C@]314. The Bertz CT molecular complexity index is 1510. The number of carbonyl (C=O) groups is 3. The van der Waals surface area contributed by atoms with Crippen molar-refractivity contribution in [2.45, 2.75) is 88.5 Å². The van der Waals surface area contributed by atoms with E-state index in [2.05, 4.69) is 11.0 Å². The third-order valence-electron chi connectivity index (χ3n) is 10.9. The number of ether oxygens (including phenoxy) is 3. The van der Waals surface area contributed by atoms with Gasteiger partial charge in [-0.25, -0.2) is 0 Å². The minimum Gasteiger partial charge on any atom is -0.493 e. The fourth-order valence-electron chi connectivity index (χ4n) is 8.88. The van der Waals surface area contributed by atoms with Crippen molar-refractivity contribution in [2.75, 3.05) is 20.2 Å². The third-order valence-corrected chi connectivity index (χ3v) is 10.9. The molecule has 8 rings (SSSR count). The van der Waals surface area contributed by atoms with Crippen molar-refractivity contribution >= 4 is 17.8 Å². The number of piperidine rings is 1. The van der Waals surface area contributed by atoms with Gasteiger partial charge in [-0.2, -0.15) is 0 Å². The van der Waals surface area contributed by atoms with E-state index in [0.29, 0.717) is 47.8 Å². The smallest absolute Gasteiger partial charge is 0.311 e. The molecule has 8 nitrogen and oxygen atoms in total. The Morgan fingerprint density at radius 2 is 1.74 bits per heavy atom. The van der Waals surface area contributed by atoms with Crippen molar-refractivity contribution in [1.29, 1.82) is 0 Å². The number of benzene rings is 2. The van der Waals surface area contributed by atoms with Crippen LogP contribution >= 0.6 is 0 Å². The lowest BCUT2D eigenvalue weighted by Gasteiger charge is -2.65. The first-order valence-electron chi connectivity index (χ1n) is 15.4. The van der Waals surface area contributed by atoms with Crippen LogP contribution < -0.4 is 9.47 Å². The zero-order chi connectivity index (χ0) is 29.2. The summed E-state index contributed by atoms with van der Waals surface area (Å²) in [7, 11) is 1.64. The molecule has 2 aromatic carbocycles. The van der Waals surface area contributed by atoms with E-state index in [1.165, 1.54) is 23.3 Å². The third kappa shape index (κ3) is 3.24. The lowest BCUT2D eigenvalue weighted by atomic mass is 9.48. The molecule has 3 aliphatic carbocycles. The Hall–Kier alpha value is -3.39. The lowest BCUT2D eigenvalue weighted by molar-refractivity contribution is -0.229. The Kier molecular flexibility index (Phi) is 5.37. The number of methoxy groups -OCH3 is 1. The minimum absolute atomic E-state index is 0.0146. The number of fused-ring (bicyclic) bond motifs is 1. The molecule has 3 heterocycles. The van der Waals surface area contributed by atoms with Crippen LogP contribution in [-0.2, 0) is 21.4 Å². The van der Waals surface area contributed by atoms with Crippen molar-refractivity contribution in [3.05, 3.63) is 58.7 Å². The Labute approximate surface area is 246 Å². The second kappa shape index (κ2) is 8.59. The standard InChI is InChI=1S/C34H38N2O6/c1-32(2,3)31(39)42-34-14-13-23(36-29(37)21-7-5-6-8-22(21)30(36)38)28-33(34)15-16-35(18-19-9-10-19)25(34)17-20-11-12-24(40-4)27(41-28)26(20)33/h5-8,11-12,19,23,25,28H,9-10,13-18H2,1-4H3/t23-,25-,28+,33+,34-/m1/s1. The summed E-state index contributed by atoms with van der Waals surface area (Å²) < 4.78 is 19.7. The van der Waals surface area contributed by atoms with Crippen LogP contribution in [0, 0.1) is 11.3 Å². The second-order valence-corrected chi connectivity index (χ2v) is 14.2. The molecule has 2 saturated carbocycles. The van der Waals surface area contributed by atoms with Crippen molar-refractivity contribution in [2.24, 2.45) is 11.3 Å². The molecule has 2 amide bonds. The van der Waals surface area contributed by atoms with Gasteiger partial charge >= 0.3 is 5.97 Å². The van der Waals surface area contributed by atoms with Crippen molar-refractivity contribution in [3.8, 4) is 11.5 Å². The molecule has 0 radical (unpaired) electrons. The quantitative estimate of drug-likeness (QED) is 0.386. The maximum absolute atomic E-state index is 13.9. The summed E-state index contributed by atoms with van der Waals surface area (Å²) in [5.41, 5.74) is 0.855. The van der Waals surface area contributed by atoms with Crippen molar-refractivity contribution in [1.82, 2.24) is 9.80 Å². The summed E-state index contributed by atoms with van der Waals surface area (Å²) in [5, 5.41) is 0. The highest BCUT2D eigenvalue weighted by atomic mass is 16.6. The van der Waals surface area contributed by atoms with Crippen LogP contribution in [0.4, 0.5) is 0 Å². The maximum atomic E-state index is 13.9. The van der Waals surface area contributed by atoms with Crippen molar-refractivity contribution < 1.29 is 28.6 Å². The number of hydrogen-bond donors (Lipinski definition) is 0. The van der Waals surface area contributed by atoms with E-state index in [9.17, 15) is 14.4 Å². The molecule has 3 aliphatic heterocycles. The lowest BCUT2D eigenvalue weighted by Crippen LogP contribution is -2.79. The minimum atomic E-state index is -0.852. The van der Waals surface area contributed by atoms with Crippen LogP contribution in [0.25, 0.3) is 0 Å². The first kappa shape index (κ1) is 26.3. The van der Waals surface area contributed by atoms with Gasteiger partial charge in [-0.15, -0.1) is 0 Å². The van der Waals surface area contributed by atoms with Gasteiger partial charge in [-0.1, -0.05) is 18.2 Å². The number of amides is 2. The summed E-state index contributed by atoms with van der Waals surface area (Å²) >= 11 is 0. The van der Waals surface area contributed by atoms with Gasteiger partial charge in [-0.05, 0) is 95.5 Å². The molecule has 3 fully saturated rings. The highest BCUT2D eigenvalue weighted by molar-refractivity contribution is 6.21. The van der Waals surface area contributed by atoms with Gasteiger partial charge in [-0.3, -0.25) is 24.2 Å². The Morgan fingerprint density at radius 3 is 2.38 bits per heavy atom. The first-order valence-corrected chi connectivity index (χ1v) is 15.4. The van der Waals surface area contributed by atoms with Crippen molar-refractivity contribution in [3.63, 3.8) is 0 Å². The largest absolute Gasteiger partial charge is 0.493 e. The number of hydrogen-bond acceptors (Lipinski definition) is 7. The monoisotopic (exact) mass is 570 g/mol. The van der Waals surface area contributed by atoms with Crippen LogP contribution in [0.1, 0.15) is 84.7 Å². The number of imide groups is 1. The molecule has 5 atom stereocenters. The molecule has 2 aromatic rings. The molecule has 0 unspecified atom stereocenters. The van der Waals surface area contributed by atoms with Gasteiger partial charge in [0.1, 0.15) is 11.7 Å². The van der Waals surface area contributed by atoms with Crippen LogP contribution in [0.2, 0.25) is 0 Å². The first-order chi connectivity index (χ1) is 20.1. The molecule has 0 aromatic heterocycles. The van der Waals surface area contributed by atoms with Crippen LogP contribution in [0.3, 0.4) is 0 Å². The number of nitrogens with zero attached hydrogens (tertiary/aromatic N) is 2. The number of rotatable bonds is 5. The van der Waals surface area contributed by atoms with Gasteiger partial charge in [0, 0.05) is 12.1 Å². The van der Waals surface area contributed by atoms with Crippen LogP contribution in [0.15, 0.2) is 36.4 Å². The molecule has 1 spiro atoms. The number of carbonyl (C=O) groups excluding carboxylic acids is 3. The molecule has 6 aliphatic rings. The number of likely N-dealkylation sites (tertiary alicyclic amines) is 1.